The van der Waals surface area contributed by atoms with Gasteiger partial charge in [0, 0.05) is 18.7 Å². The minimum atomic E-state index is -0.0177. The molecule has 1 saturated heterocycles. The highest BCUT2D eigenvalue weighted by Gasteiger charge is 2.29. The Morgan fingerprint density at radius 2 is 2.20 bits per heavy atom. The van der Waals surface area contributed by atoms with Crippen LogP contribution in [0.2, 0.25) is 0 Å². The molecule has 4 heteroatoms. The molecule has 0 amide bonds. The number of ether oxygens (including phenoxy) is 2. The minimum Gasteiger partial charge on any atom is -0.496 e. The molecule has 1 N–H and O–H groups in total. The van der Waals surface area contributed by atoms with E-state index in [1.165, 1.54) is 5.56 Å². The zero-order chi connectivity index (χ0) is 14.8. The van der Waals surface area contributed by atoms with Crippen molar-refractivity contribution < 1.29 is 9.47 Å². The molecular weight excluding hydrogens is 318 g/mol. The molecule has 1 aromatic rings. The van der Waals surface area contributed by atoms with Gasteiger partial charge in [0.15, 0.2) is 0 Å². The maximum atomic E-state index is 5.77. The molecular formula is C16H24BrNO2. The maximum absolute atomic E-state index is 5.77. The summed E-state index contributed by atoms with van der Waals surface area (Å²) >= 11 is 3.55. The van der Waals surface area contributed by atoms with Gasteiger partial charge in [-0.05, 0) is 67.2 Å². The van der Waals surface area contributed by atoms with Crippen LogP contribution in [0.4, 0.5) is 0 Å². The zero-order valence-corrected chi connectivity index (χ0v) is 14.3. The maximum Gasteiger partial charge on any atom is 0.133 e. The number of nitrogens with one attached hydrogen (secondary N) is 1. The average molecular weight is 342 g/mol. The molecule has 2 rings (SSSR count). The number of methoxy groups -OCH3 is 1. The number of rotatable bonds is 4. The Labute approximate surface area is 130 Å². The van der Waals surface area contributed by atoms with Gasteiger partial charge >= 0.3 is 0 Å². The average Bonchev–Trinajstić information content (AvgIpc) is 2.37. The highest BCUT2D eigenvalue weighted by molar-refractivity contribution is 9.10. The second kappa shape index (κ2) is 6.46. The van der Waals surface area contributed by atoms with Crippen LogP contribution in [0.25, 0.3) is 0 Å². The highest BCUT2D eigenvalue weighted by Crippen LogP contribution is 2.30. The summed E-state index contributed by atoms with van der Waals surface area (Å²) in [6, 6.07) is 7.07. The van der Waals surface area contributed by atoms with Gasteiger partial charge in [0.2, 0.25) is 0 Å². The Bertz CT molecular complexity index is 462. The first-order valence-corrected chi connectivity index (χ1v) is 7.94. The molecule has 3 nitrogen and oxygen atoms in total. The van der Waals surface area contributed by atoms with E-state index in [1.807, 2.05) is 6.07 Å². The summed E-state index contributed by atoms with van der Waals surface area (Å²) in [5, 5.41) is 3.71. The van der Waals surface area contributed by atoms with E-state index in [9.17, 15) is 0 Å². The van der Waals surface area contributed by atoms with Crippen LogP contribution in [0.3, 0.4) is 0 Å². The number of hydrogen-bond donors (Lipinski definition) is 1. The number of halogens is 1. The van der Waals surface area contributed by atoms with Crippen molar-refractivity contribution in [2.75, 3.05) is 13.7 Å². The molecule has 112 valence electrons. The summed E-state index contributed by atoms with van der Waals surface area (Å²) in [7, 11) is 1.69. The van der Waals surface area contributed by atoms with Crippen LogP contribution in [0.15, 0.2) is 22.7 Å². The SMILES string of the molecule is COc1ccc(C(C)NC2CCOC(C)(C)C2)cc1Br. The summed E-state index contributed by atoms with van der Waals surface area (Å²) in [6.45, 7) is 7.37. The molecule has 2 atom stereocenters. The molecule has 0 spiro atoms. The monoisotopic (exact) mass is 341 g/mol. The van der Waals surface area contributed by atoms with Gasteiger partial charge in [-0.3, -0.25) is 0 Å². The van der Waals surface area contributed by atoms with E-state index < -0.39 is 0 Å². The van der Waals surface area contributed by atoms with Crippen molar-refractivity contribution in [3.8, 4) is 5.75 Å². The Kier molecular flexibility index (Phi) is 5.10. The van der Waals surface area contributed by atoms with Crippen molar-refractivity contribution in [2.45, 2.75) is 51.3 Å². The van der Waals surface area contributed by atoms with Crippen LogP contribution in [-0.4, -0.2) is 25.4 Å². The molecule has 1 aliphatic heterocycles. The Hall–Kier alpha value is -0.580. The van der Waals surface area contributed by atoms with Crippen LogP contribution in [0.5, 0.6) is 5.75 Å². The summed E-state index contributed by atoms with van der Waals surface area (Å²) in [4.78, 5) is 0. The van der Waals surface area contributed by atoms with Gasteiger partial charge in [0.25, 0.3) is 0 Å². The summed E-state index contributed by atoms with van der Waals surface area (Å²) in [6.07, 6.45) is 2.12. The Balaban J connectivity index is 2.01. The summed E-state index contributed by atoms with van der Waals surface area (Å²) < 4.78 is 12.0. The molecule has 0 bridgehead atoms. The summed E-state index contributed by atoms with van der Waals surface area (Å²) in [5.41, 5.74) is 1.25. The molecule has 0 aromatic heterocycles. The van der Waals surface area contributed by atoms with Crippen molar-refractivity contribution in [3.05, 3.63) is 28.2 Å². The first-order chi connectivity index (χ1) is 9.41. The van der Waals surface area contributed by atoms with Crippen molar-refractivity contribution in [2.24, 2.45) is 0 Å². The zero-order valence-electron chi connectivity index (χ0n) is 12.7. The quantitative estimate of drug-likeness (QED) is 0.895. The smallest absolute Gasteiger partial charge is 0.133 e. The second-order valence-electron chi connectivity index (χ2n) is 6.08. The van der Waals surface area contributed by atoms with Crippen LogP contribution >= 0.6 is 15.9 Å². The third kappa shape index (κ3) is 3.96. The highest BCUT2D eigenvalue weighted by atomic mass is 79.9. The van der Waals surface area contributed by atoms with E-state index in [-0.39, 0.29) is 5.60 Å². The van der Waals surface area contributed by atoms with Gasteiger partial charge in [-0.15, -0.1) is 0 Å². The Morgan fingerprint density at radius 1 is 1.45 bits per heavy atom. The molecule has 1 aromatic carbocycles. The van der Waals surface area contributed by atoms with Gasteiger partial charge in [-0.25, -0.2) is 0 Å². The van der Waals surface area contributed by atoms with Gasteiger partial charge in [0.1, 0.15) is 5.75 Å². The largest absolute Gasteiger partial charge is 0.496 e. The Morgan fingerprint density at radius 3 is 2.80 bits per heavy atom. The van der Waals surface area contributed by atoms with Crippen LogP contribution in [0.1, 0.15) is 45.2 Å². The van der Waals surface area contributed by atoms with Crippen molar-refractivity contribution >= 4 is 15.9 Å². The normalized spacial score (nSPS) is 23.4. The number of benzene rings is 1. The fourth-order valence-electron chi connectivity index (χ4n) is 2.78. The molecule has 20 heavy (non-hydrogen) atoms. The first-order valence-electron chi connectivity index (χ1n) is 7.15. The van der Waals surface area contributed by atoms with Gasteiger partial charge in [-0.2, -0.15) is 0 Å². The predicted molar refractivity (Wildman–Crippen MR) is 85.3 cm³/mol. The van der Waals surface area contributed by atoms with Crippen molar-refractivity contribution in [1.82, 2.24) is 5.32 Å². The van der Waals surface area contributed by atoms with E-state index in [0.29, 0.717) is 12.1 Å². The topological polar surface area (TPSA) is 30.5 Å². The van der Waals surface area contributed by atoms with Gasteiger partial charge in [-0.1, -0.05) is 6.07 Å². The molecule has 1 heterocycles. The van der Waals surface area contributed by atoms with Gasteiger partial charge < -0.3 is 14.8 Å². The lowest BCUT2D eigenvalue weighted by Gasteiger charge is -2.37. The molecule has 0 saturated carbocycles. The lowest BCUT2D eigenvalue weighted by molar-refractivity contribution is -0.0639. The van der Waals surface area contributed by atoms with Crippen LogP contribution < -0.4 is 10.1 Å². The van der Waals surface area contributed by atoms with Crippen LogP contribution in [-0.2, 0) is 4.74 Å². The fourth-order valence-corrected chi connectivity index (χ4v) is 3.33. The second-order valence-corrected chi connectivity index (χ2v) is 6.93. The lowest BCUT2D eigenvalue weighted by atomic mass is 9.93. The van der Waals surface area contributed by atoms with Crippen molar-refractivity contribution in [1.29, 1.82) is 0 Å². The molecule has 1 fully saturated rings. The standard InChI is InChI=1S/C16H24BrNO2/c1-11(12-5-6-15(19-4)14(17)9-12)18-13-7-8-20-16(2,3)10-13/h5-6,9,11,13,18H,7-8,10H2,1-4H3. The van der Waals surface area contributed by atoms with E-state index in [2.05, 4.69) is 54.2 Å². The molecule has 1 aliphatic rings. The third-order valence-electron chi connectivity index (χ3n) is 3.86. The van der Waals surface area contributed by atoms with E-state index in [4.69, 9.17) is 9.47 Å². The van der Waals surface area contributed by atoms with E-state index in [1.54, 1.807) is 7.11 Å². The first kappa shape index (κ1) is 15.8. The lowest BCUT2D eigenvalue weighted by Crippen LogP contribution is -2.44. The molecule has 0 radical (unpaired) electrons. The predicted octanol–water partition coefficient (Wildman–Crippen LogP) is 4.07. The summed E-state index contributed by atoms with van der Waals surface area (Å²) in [5.74, 6) is 0.869. The molecule has 2 unspecified atom stereocenters. The minimum absolute atomic E-state index is 0.0177. The van der Waals surface area contributed by atoms with E-state index >= 15 is 0 Å². The van der Waals surface area contributed by atoms with Crippen molar-refractivity contribution in [3.63, 3.8) is 0 Å². The van der Waals surface area contributed by atoms with Crippen LogP contribution in [0, 0.1) is 0 Å². The fraction of sp³-hybridized carbons (Fsp3) is 0.625. The number of hydrogen-bond acceptors (Lipinski definition) is 3. The molecule has 0 aliphatic carbocycles. The van der Waals surface area contributed by atoms with Gasteiger partial charge in [0.05, 0.1) is 17.2 Å². The van der Waals surface area contributed by atoms with E-state index in [0.717, 1.165) is 29.7 Å². The third-order valence-corrected chi connectivity index (χ3v) is 4.48.